The van der Waals surface area contributed by atoms with Crippen LogP contribution in [0.2, 0.25) is 5.02 Å². The van der Waals surface area contributed by atoms with Crippen LogP contribution in [0.25, 0.3) is 0 Å². The Hall–Kier alpha value is -1.21. The summed E-state index contributed by atoms with van der Waals surface area (Å²) in [5, 5.41) is 0.678. The van der Waals surface area contributed by atoms with E-state index in [0.29, 0.717) is 18.0 Å². The third kappa shape index (κ3) is 3.25. The first-order valence-electron chi connectivity index (χ1n) is 6.74. The quantitative estimate of drug-likeness (QED) is 0.832. The summed E-state index contributed by atoms with van der Waals surface area (Å²) in [6.07, 6.45) is 0.337. The standard InChI is InChI=1S/C15H14ClNO3S2/c16-11-5-3-7-13-15(11)21-14-8-2-1-6-12(14)17(13)9-4-10-22(18,19)20/h1-3,5-8H,4,9-10H2,(H,18,19,20). The van der Waals surface area contributed by atoms with Gasteiger partial charge < -0.3 is 4.90 Å². The molecule has 3 rings (SSSR count). The van der Waals surface area contributed by atoms with Crippen molar-refractivity contribution in [3.05, 3.63) is 47.5 Å². The van der Waals surface area contributed by atoms with Crippen molar-refractivity contribution in [3.8, 4) is 0 Å². The lowest BCUT2D eigenvalue weighted by Gasteiger charge is -2.33. The number of anilines is 2. The first-order valence-corrected chi connectivity index (χ1v) is 9.54. The Kier molecular flexibility index (Phi) is 4.36. The van der Waals surface area contributed by atoms with Crippen LogP contribution in [0.3, 0.4) is 0 Å². The second kappa shape index (κ2) is 6.12. The number of rotatable bonds is 4. The van der Waals surface area contributed by atoms with E-state index in [1.165, 1.54) is 0 Å². The molecule has 0 radical (unpaired) electrons. The van der Waals surface area contributed by atoms with Gasteiger partial charge in [-0.25, -0.2) is 0 Å². The van der Waals surface area contributed by atoms with Crippen LogP contribution in [-0.4, -0.2) is 25.3 Å². The second-order valence-corrected chi connectivity index (χ2v) is 7.98. The SMILES string of the molecule is O=S(=O)(O)CCCN1c2ccccc2Sc2c(Cl)cccc21. The van der Waals surface area contributed by atoms with Gasteiger partial charge >= 0.3 is 0 Å². The lowest BCUT2D eigenvalue weighted by Crippen LogP contribution is -2.23. The van der Waals surface area contributed by atoms with E-state index in [-0.39, 0.29) is 5.75 Å². The van der Waals surface area contributed by atoms with Gasteiger partial charge in [0.1, 0.15) is 0 Å². The highest BCUT2D eigenvalue weighted by Crippen LogP contribution is 2.50. The molecule has 1 aliphatic rings. The van der Waals surface area contributed by atoms with Crippen LogP contribution < -0.4 is 4.90 Å². The summed E-state index contributed by atoms with van der Waals surface area (Å²) in [5.74, 6) is -0.255. The van der Waals surface area contributed by atoms with Crippen molar-refractivity contribution >= 4 is 44.9 Å². The maximum atomic E-state index is 10.9. The largest absolute Gasteiger partial charge is 0.340 e. The maximum absolute atomic E-state index is 10.9. The molecule has 0 atom stereocenters. The van der Waals surface area contributed by atoms with Crippen molar-refractivity contribution in [2.45, 2.75) is 16.2 Å². The van der Waals surface area contributed by atoms with E-state index in [1.54, 1.807) is 11.8 Å². The zero-order valence-corrected chi connectivity index (χ0v) is 14.0. The number of hydrogen-bond donors (Lipinski definition) is 1. The van der Waals surface area contributed by atoms with Gasteiger partial charge in [-0.15, -0.1) is 0 Å². The smallest absolute Gasteiger partial charge is 0.264 e. The van der Waals surface area contributed by atoms with Crippen molar-refractivity contribution in [3.63, 3.8) is 0 Å². The first kappa shape index (κ1) is 15.7. The molecule has 0 spiro atoms. The van der Waals surface area contributed by atoms with Gasteiger partial charge in [0.25, 0.3) is 10.1 Å². The topological polar surface area (TPSA) is 57.6 Å². The van der Waals surface area contributed by atoms with Crippen molar-refractivity contribution in [2.75, 3.05) is 17.2 Å². The third-order valence-electron chi connectivity index (χ3n) is 3.39. The minimum Gasteiger partial charge on any atom is -0.340 e. The molecule has 0 saturated heterocycles. The van der Waals surface area contributed by atoms with E-state index >= 15 is 0 Å². The fourth-order valence-electron chi connectivity index (χ4n) is 2.46. The van der Waals surface area contributed by atoms with E-state index in [1.807, 2.05) is 42.5 Å². The van der Waals surface area contributed by atoms with Gasteiger partial charge in [0, 0.05) is 11.4 Å². The summed E-state index contributed by atoms with van der Waals surface area (Å²) in [4.78, 5) is 4.10. The Morgan fingerprint density at radius 2 is 1.82 bits per heavy atom. The van der Waals surface area contributed by atoms with E-state index in [2.05, 4.69) is 4.90 Å². The highest BCUT2D eigenvalue weighted by Gasteiger charge is 2.24. The minimum absolute atomic E-state index is 0.255. The Morgan fingerprint density at radius 3 is 2.59 bits per heavy atom. The normalized spacial score (nSPS) is 13.6. The molecule has 0 aromatic heterocycles. The molecule has 4 nitrogen and oxygen atoms in total. The van der Waals surface area contributed by atoms with E-state index in [9.17, 15) is 8.42 Å². The molecule has 116 valence electrons. The number of halogens is 1. The molecule has 2 aromatic rings. The van der Waals surface area contributed by atoms with Crippen LogP contribution in [0, 0.1) is 0 Å². The van der Waals surface area contributed by atoms with E-state index in [4.69, 9.17) is 16.2 Å². The predicted molar refractivity (Wildman–Crippen MR) is 90.1 cm³/mol. The third-order valence-corrected chi connectivity index (χ3v) is 5.82. The molecule has 1 aliphatic heterocycles. The highest BCUT2D eigenvalue weighted by molar-refractivity contribution is 7.99. The highest BCUT2D eigenvalue weighted by atomic mass is 35.5. The lowest BCUT2D eigenvalue weighted by molar-refractivity contribution is 0.481. The van der Waals surface area contributed by atoms with E-state index < -0.39 is 10.1 Å². The molecule has 0 unspecified atom stereocenters. The van der Waals surface area contributed by atoms with Gasteiger partial charge in [0.05, 0.1) is 27.0 Å². The number of para-hydroxylation sites is 1. The molecule has 1 N–H and O–H groups in total. The predicted octanol–water partition coefficient (Wildman–Crippen LogP) is 4.22. The molecule has 0 amide bonds. The number of hydrogen-bond acceptors (Lipinski definition) is 4. The molecule has 0 bridgehead atoms. The van der Waals surface area contributed by atoms with Crippen LogP contribution >= 0.6 is 23.4 Å². The molecule has 22 heavy (non-hydrogen) atoms. The fourth-order valence-corrected chi connectivity index (χ4v) is 4.34. The Bertz CT molecular complexity index is 808. The van der Waals surface area contributed by atoms with E-state index in [0.717, 1.165) is 21.2 Å². The molecule has 1 heterocycles. The van der Waals surface area contributed by atoms with Crippen LogP contribution in [0.4, 0.5) is 11.4 Å². The minimum atomic E-state index is -3.95. The zero-order chi connectivity index (χ0) is 15.7. The molecule has 7 heteroatoms. The molecular weight excluding hydrogens is 342 g/mol. The second-order valence-electron chi connectivity index (χ2n) is 4.95. The van der Waals surface area contributed by atoms with Crippen molar-refractivity contribution in [1.82, 2.24) is 0 Å². The number of benzene rings is 2. The van der Waals surface area contributed by atoms with Crippen LogP contribution in [0.1, 0.15) is 6.42 Å². The Labute approximate surface area is 138 Å². The van der Waals surface area contributed by atoms with Crippen molar-refractivity contribution in [2.24, 2.45) is 0 Å². The van der Waals surface area contributed by atoms with Gasteiger partial charge in [-0.2, -0.15) is 8.42 Å². The molecule has 0 saturated carbocycles. The zero-order valence-electron chi connectivity index (χ0n) is 11.6. The van der Waals surface area contributed by atoms with Crippen molar-refractivity contribution < 1.29 is 13.0 Å². The molecule has 0 fully saturated rings. The fraction of sp³-hybridized carbons (Fsp3) is 0.200. The lowest BCUT2D eigenvalue weighted by atomic mass is 10.2. The monoisotopic (exact) mass is 355 g/mol. The first-order chi connectivity index (χ1) is 10.5. The summed E-state index contributed by atoms with van der Waals surface area (Å²) in [6, 6.07) is 13.6. The van der Waals surface area contributed by atoms with Crippen LogP contribution in [0.5, 0.6) is 0 Å². The average Bonchev–Trinajstić information content (AvgIpc) is 2.46. The van der Waals surface area contributed by atoms with Gasteiger partial charge in [0.15, 0.2) is 0 Å². The summed E-state index contributed by atoms with van der Waals surface area (Å²) in [7, 11) is -3.95. The number of fused-ring (bicyclic) bond motifs is 2. The van der Waals surface area contributed by atoms with Crippen LogP contribution in [0.15, 0.2) is 52.3 Å². The Morgan fingerprint density at radius 1 is 1.09 bits per heavy atom. The van der Waals surface area contributed by atoms with Gasteiger partial charge in [-0.1, -0.05) is 41.6 Å². The molecular formula is C15H14ClNO3S2. The summed E-state index contributed by atoms with van der Waals surface area (Å²) < 4.78 is 30.8. The Balaban J connectivity index is 1.96. The summed E-state index contributed by atoms with van der Waals surface area (Å²) in [6.45, 7) is 0.491. The summed E-state index contributed by atoms with van der Waals surface area (Å²) >= 11 is 7.91. The van der Waals surface area contributed by atoms with Gasteiger partial charge in [-0.3, -0.25) is 4.55 Å². The van der Waals surface area contributed by atoms with Gasteiger partial charge in [0.2, 0.25) is 0 Å². The number of nitrogens with zero attached hydrogens (tertiary/aromatic N) is 1. The summed E-state index contributed by atoms with van der Waals surface area (Å²) in [5.41, 5.74) is 1.99. The molecule has 2 aromatic carbocycles. The average molecular weight is 356 g/mol. The maximum Gasteiger partial charge on any atom is 0.264 e. The van der Waals surface area contributed by atoms with Crippen molar-refractivity contribution in [1.29, 1.82) is 0 Å². The van der Waals surface area contributed by atoms with Crippen LogP contribution in [-0.2, 0) is 10.1 Å². The molecule has 0 aliphatic carbocycles. The van der Waals surface area contributed by atoms with Gasteiger partial charge in [-0.05, 0) is 30.7 Å².